The van der Waals surface area contributed by atoms with Crippen molar-refractivity contribution in [1.29, 1.82) is 5.26 Å². The van der Waals surface area contributed by atoms with Crippen molar-refractivity contribution in [3.05, 3.63) is 52.7 Å². The zero-order valence-electron chi connectivity index (χ0n) is 14.8. The molecule has 1 aromatic heterocycles. The maximum Gasteiger partial charge on any atom is 0.230 e. The van der Waals surface area contributed by atoms with Crippen molar-refractivity contribution in [1.82, 2.24) is 10.3 Å². The van der Waals surface area contributed by atoms with E-state index in [0.717, 1.165) is 5.56 Å². The van der Waals surface area contributed by atoms with Gasteiger partial charge in [0, 0.05) is 23.4 Å². The average molecular weight is 369 g/mol. The number of nitriles is 1. The second-order valence-electron chi connectivity index (χ2n) is 5.52. The molecule has 1 amide bonds. The predicted molar refractivity (Wildman–Crippen MR) is 99.3 cm³/mol. The molecule has 0 bridgehead atoms. The molecule has 134 valence electrons. The molecule has 7 heteroatoms. The molecule has 1 heterocycles. The Morgan fingerprint density at radius 2 is 2.08 bits per heavy atom. The van der Waals surface area contributed by atoms with Gasteiger partial charge in [0.15, 0.2) is 5.78 Å². The molecule has 0 unspecified atom stereocenters. The van der Waals surface area contributed by atoms with E-state index in [1.54, 1.807) is 14.0 Å². The molecule has 0 aliphatic carbocycles. The fourth-order valence-electron chi connectivity index (χ4n) is 2.36. The summed E-state index contributed by atoms with van der Waals surface area (Å²) in [5.74, 6) is 0.511. The van der Waals surface area contributed by atoms with Crippen LogP contribution in [0.5, 0.6) is 5.75 Å². The number of carbonyl (C=O) groups excluding carboxylic acids is 2. The Labute approximate surface area is 156 Å². The molecule has 0 saturated heterocycles. The number of ketones is 1. The van der Waals surface area contributed by atoms with Gasteiger partial charge in [0.2, 0.25) is 5.91 Å². The van der Waals surface area contributed by atoms with E-state index in [1.807, 2.05) is 30.3 Å². The van der Waals surface area contributed by atoms with Gasteiger partial charge in [-0.2, -0.15) is 5.26 Å². The Balaban J connectivity index is 2.00. The number of methoxy groups -OCH3 is 1. The van der Waals surface area contributed by atoms with Crippen LogP contribution in [0.25, 0.3) is 0 Å². The third-order valence-corrected chi connectivity index (χ3v) is 4.68. The number of pyridine rings is 1. The lowest BCUT2D eigenvalue weighted by Crippen LogP contribution is -2.24. The summed E-state index contributed by atoms with van der Waals surface area (Å²) >= 11 is 1.17. The van der Waals surface area contributed by atoms with Crippen molar-refractivity contribution in [3.8, 4) is 11.8 Å². The van der Waals surface area contributed by atoms with Gasteiger partial charge < -0.3 is 10.1 Å². The number of hydrogen-bond donors (Lipinski definition) is 1. The Kier molecular flexibility index (Phi) is 6.75. The first-order valence-corrected chi connectivity index (χ1v) is 8.89. The molecular formula is C19H19N3O3S. The first-order valence-electron chi connectivity index (χ1n) is 7.90. The lowest BCUT2D eigenvalue weighted by atomic mass is 10.1. The first-order chi connectivity index (χ1) is 12.5. The van der Waals surface area contributed by atoms with E-state index in [-0.39, 0.29) is 17.4 Å². The summed E-state index contributed by atoms with van der Waals surface area (Å²) < 4.78 is 5.25. The highest BCUT2D eigenvalue weighted by Crippen LogP contribution is 2.23. The largest absolute Gasteiger partial charge is 0.496 e. The summed E-state index contributed by atoms with van der Waals surface area (Å²) in [6.45, 7) is 3.50. The molecule has 26 heavy (non-hydrogen) atoms. The Bertz CT molecular complexity index is 875. The van der Waals surface area contributed by atoms with Crippen LogP contribution >= 0.6 is 11.8 Å². The van der Waals surface area contributed by atoms with E-state index in [1.165, 1.54) is 24.8 Å². The van der Waals surface area contributed by atoms with Crippen LogP contribution in [0.1, 0.15) is 34.1 Å². The summed E-state index contributed by atoms with van der Waals surface area (Å²) in [5, 5.41) is 12.5. The Morgan fingerprint density at radius 3 is 2.73 bits per heavy atom. The molecule has 0 aliphatic heterocycles. The quantitative estimate of drug-likeness (QED) is 0.596. The number of hydrogen-bond acceptors (Lipinski definition) is 6. The van der Waals surface area contributed by atoms with E-state index in [2.05, 4.69) is 10.3 Å². The average Bonchev–Trinajstić information content (AvgIpc) is 2.64. The van der Waals surface area contributed by atoms with Crippen molar-refractivity contribution in [3.63, 3.8) is 0 Å². The first kappa shape index (κ1) is 19.5. The zero-order valence-corrected chi connectivity index (χ0v) is 15.6. The second-order valence-corrected chi connectivity index (χ2v) is 6.48. The van der Waals surface area contributed by atoms with Crippen molar-refractivity contribution in [2.75, 3.05) is 12.9 Å². The molecule has 1 aromatic carbocycles. The van der Waals surface area contributed by atoms with Crippen molar-refractivity contribution >= 4 is 23.5 Å². The minimum atomic E-state index is -0.181. The normalized spacial score (nSPS) is 10.1. The fourth-order valence-corrected chi connectivity index (χ4v) is 3.19. The monoisotopic (exact) mass is 369 g/mol. The van der Waals surface area contributed by atoms with Gasteiger partial charge in [0.05, 0.1) is 18.4 Å². The number of nitrogens with one attached hydrogen (secondary N) is 1. The number of thioether (sulfide) groups is 1. The van der Waals surface area contributed by atoms with Gasteiger partial charge in [-0.15, -0.1) is 0 Å². The van der Waals surface area contributed by atoms with Crippen LogP contribution in [0, 0.1) is 18.3 Å². The van der Waals surface area contributed by atoms with Crippen LogP contribution in [0.15, 0.2) is 35.4 Å². The number of aryl methyl sites for hydroxylation is 1. The maximum atomic E-state index is 12.1. The number of nitrogens with zero attached hydrogens (tertiary/aromatic N) is 2. The van der Waals surface area contributed by atoms with Gasteiger partial charge >= 0.3 is 0 Å². The zero-order chi connectivity index (χ0) is 19.1. The van der Waals surface area contributed by atoms with Gasteiger partial charge in [-0.05, 0) is 26.0 Å². The van der Waals surface area contributed by atoms with Gasteiger partial charge in [-0.3, -0.25) is 9.59 Å². The molecule has 0 saturated carbocycles. The number of rotatable bonds is 7. The molecule has 0 aliphatic rings. The minimum absolute atomic E-state index is 0.121. The van der Waals surface area contributed by atoms with Crippen LogP contribution in [0.4, 0.5) is 0 Å². The highest BCUT2D eigenvalue weighted by molar-refractivity contribution is 8.00. The van der Waals surface area contributed by atoms with Gasteiger partial charge in [0.25, 0.3) is 0 Å². The fraction of sp³-hybridized carbons (Fsp3) is 0.263. The number of para-hydroxylation sites is 1. The molecule has 2 aromatic rings. The van der Waals surface area contributed by atoms with E-state index in [0.29, 0.717) is 34.1 Å². The number of benzene rings is 1. The lowest BCUT2D eigenvalue weighted by molar-refractivity contribution is -0.118. The van der Waals surface area contributed by atoms with Crippen LogP contribution < -0.4 is 10.1 Å². The highest BCUT2D eigenvalue weighted by Gasteiger charge is 2.14. The minimum Gasteiger partial charge on any atom is -0.496 e. The second kappa shape index (κ2) is 9.02. The number of carbonyl (C=O) groups is 2. The molecule has 0 radical (unpaired) electrons. The van der Waals surface area contributed by atoms with Gasteiger partial charge in [0.1, 0.15) is 16.8 Å². The van der Waals surface area contributed by atoms with E-state index in [4.69, 9.17) is 4.74 Å². The Hall–Kier alpha value is -2.85. The van der Waals surface area contributed by atoms with Crippen molar-refractivity contribution in [2.24, 2.45) is 0 Å². The topological polar surface area (TPSA) is 92.1 Å². The van der Waals surface area contributed by atoms with Gasteiger partial charge in [-0.1, -0.05) is 30.0 Å². The molecular weight excluding hydrogens is 350 g/mol. The molecule has 0 fully saturated rings. The Morgan fingerprint density at radius 1 is 1.35 bits per heavy atom. The van der Waals surface area contributed by atoms with Gasteiger partial charge in [-0.25, -0.2) is 4.98 Å². The molecule has 2 rings (SSSR count). The van der Waals surface area contributed by atoms with Crippen LogP contribution in [-0.4, -0.2) is 29.5 Å². The van der Waals surface area contributed by atoms with Crippen molar-refractivity contribution < 1.29 is 14.3 Å². The SMILES string of the molecule is COc1ccccc1CNC(=O)CSc1nc(C)c(C(C)=O)cc1C#N. The van der Waals surface area contributed by atoms with Crippen LogP contribution in [0.2, 0.25) is 0 Å². The maximum absolute atomic E-state index is 12.1. The summed E-state index contributed by atoms with van der Waals surface area (Å²) in [6.07, 6.45) is 0. The van der Waals surface area contributed by atoms with E-state index < -0.39 is 0 Å². The number of ether oxygens (including phenoxy) is 1. The summed E-state index contributed by atoms with van der Waals surface area (Å²) in [5.41, 5.74) is 2.15. The number of Topliss-reactive ketones (excluding diaryl/α,β-unsaturated/α-hetero) is 1. The molecule has 1 N–H and O–H groups in total. The van der Waals surface area contributed by atoms with E-state index >= 15 is 0 Å². The third-order valence-electron chi connectivity index (χ3n) is 3.69. The molecule has 0 spiro atoms. The standard InChI is InChI=1S/C19H19N3O3S/c1-12-16(13(2)23)8-15(9-20)19(22-12)26-11-18(24)21-10-14-6-4-5-7-17(14)25-3/h4-8H,10-11H2,1-3H3,(H,21,24). The predicted octanol–water partition coefficient (Wildman–Crippen LogP) is 2.88. The van der Waals surface area contributed by atoms with E-state index in [9.17, 15) is 14.9 Å². The number of aromatic nitrogens is 1. The van der Waals surface area contributed by atoms with Crippen LogP contribution in [0.3, 0.4) is 0 Å². The smallest absolute Gasteiger partial charge is 0.230 e. The summed E-state index contributed by atoms with van der Waals surface area (Å²) in [4.78, 5) is 28.0. The lowest BCUT2D eigenvalue weighted by Gasteiger charge is -2.10. The highest BCUT2D eigenvalue weighted by atomic mass is 32.2. The summed E-state index contributed by atoms with van der Waals surface area (Å²) in [7, 11) is 1.58. The third kappa shape index (κ3) is 4.83. The molecule has 0 atom stereocenters. The van der Waals surface area contributed by atoms with Crippen molar-refractivity contribution in [2.45, 2.75) is 25.4 Å². The summed E-state index contributed by atoms with van der Waals surface area (Å²) in [6, 6.07) is 11.0. The van der Waals surface area contributed by atoms with Crippen LogP contribution in [-0.2, 0) is 11.3 Å². The number of amides is 1. The molecule has 6 nitrogen and oxygen atoms in total.